The molecule has 0 heterocycles. The molecular weight excluding hydrogens is 224 g/mol. The normalized spacial score (nSPS) is 10.4. The van der Waals surface area contributed by atoms with E-state index in [-0.39, 0.29) is 5.60 Å². The van der Waals surface area contributed by atoms with Crippen LogP contribution in [0.5, 0.6) is 0 Å². The van der Waals surface area contributed by atoms with Gasteiger partial charge in [0.2, 0.25) is 0 Å². The van der Waals surface area contributed by atoms with Gasteiger partial charge in [-0.05, 0) is 27.7 Å². The van der Waals surface area contributed by atoms with Gasteiger partial charge < -0.3 is 14.2 Å². The van der Waals surface area contributed by atoms with Crippen LogP contribution in [0.1, 0.15) is 27.7 Å². The number of rotatable bonds is 8. The average Bonchev–Trinajstić information content (AvgIpc) is 2.22. The van der Waals surface area contributed by atoms with Gasteiger partial charge in [-0.15, -0.1) is 0 Å². The summed E-state index contributed by atoms with van der Waals surface area (Å²) >= 11 is 0. The summed E-state index contributed by atoms with van der Waals surface area (Å²) in [5.74, 6) is 5.01. The molecule has 0 rings (SSSR count). The largest absolute Gasteiger partial charge is 0.462 e. The monoisotopic (exact) mass is 250 g/mol. The second-order valence-electron chi connectivity index (χ2n) is 4.09. The van der Waals surface area contributed by atoms with Gasteiger partial charge in [0.25, 0.3) is 6.47 Å². The van der Waals surface area contributed by atoms with E-state index in [1.54, 1.807) is 0 Å². The molecule has 3 N–H and O–H groups in total. The van der Waals surface area contributed by atoms with E-state index >= 15 is 0 Å². The van der Waals surface area contributed by atoms with Crippen LogP contribution in [0.15, 0.2) is 0 Å². The lowest BCUT2D eigenvalue weighted by Gasteiger charge is -2.14. The Kier molecular flexibility index (Phi) is 14.7. The molecule has 6 heteroatoms. The van der Waals surface area contributed by atoms with Crippen molar-refractivity contribution in [3.63, 3.8) is 0 Å². The van der Waals surface area contributed by atoms with Crippen molar-refractivity contribution < 1.29 is 19.0 Å². The smallest absolute Gasteiger partial charge is 0.293 e. The standard InChI is InChI=1S/C6H16N2O2.C5H10O2/c1-2-9-5-6-10-4-3-8-7;1-5(2,3)7-4-6/h8H,2-7H2,1H3;4H,1-3H3. The highest BCUT2D eigenvalue weighted by Crippen LogP contribution is 2.02. The van der Waals surface area contributed by atoms with E-state index in [1.807, 2.05) is 27.7 Å². The van der Waals surface area contributed by atoms with Crippen LogP contribution in [0.3, 0.4) is 0 Å². The minimum atomic E-state index is -0.318. The predicted octanol–water partition coefficient (Wildman–Crippen LogP) is 0.461. The van der Waals surface area contributed by atoms with Crippen molar-refractivity contribution in [1.29, 1.82) is 0 Å². The summed E-state index contributed by atoms with van der Waals surface area (Å²) in [5.41, 5.74) is 2.18. The molecule has 0 aromatic heterocycles. The number of nitrogens with two attached hydrogens (primary N) is 1. The lowest BCUT2D eigenvalue weighted by Crippen LogP contribution is -2.26. The Hall–Kier alpha value is -0.690. The predicted molar refractivity (Wildman–Crippen MR) is 66.4 cm³/mol. The summed E-state index contributed by atoms with van der Waals surface area (Å²) in [6.07, 6.45) is 0. The Morgan fingerprint density at radius 2 is 1.76 bits per heavy atom. The Morgan fingerprint density at radius 1 is 1.18 bits per heavy atom. The van der Waals surface area contributed by atoms with Crippen molar-refractivity contribution in [3.05, 3.63) is 0 Å². The van der Waals surface area contributed by atoms with Crippen molar-refractivity contribution in [3.8, 4) is 0 Å². The number of carbonyl (C=O) groups excluding carboxylic acids is 1. The van der Waals surface area contributed by atoms with Gasteiger partial charge in [-0.3, -0.25) is 16.1 Å². The average molecular weight is 250 g/mol. The Morgan fingerprint density at radius 3 is 2.12 bits per heavy atom. The number of hydrogen-bond donors (Lipinski definition) is 2. The topological polar surface area (TPSA) is 82.8 Å². The van der Waals surface area contributed by atoms with Crippen molar-refractivity contribution in [2.75, 3.05) is 33.0 Å². The number of hydrogen-bond acceptors (Lipinski definition) is 6. The number of carbonyl (C=O) groups is 1. The van der Waals surface area contributed by atoms with Gasteiger partial charge in [0.05, 0.1) is 19.8 Å². The van der Waals surface area contributed by atoms with Crippen molar-refractivity contribution in [2.45, 2.75) is 33.3 Å². The molecule has 0 fully saturated rings. The molecule has 0 unspecified atom stereocenters. The van der Waals surface area contributed by atoms with Crippen molar-refractivity contribution in [1.82, 2.24) is 5.43 Å². The summed E-state index contributed by atoms with van der Waals surface area (Å²) in [6.45, 7) is 11.3. The molecule has 0 aliphatic heterocycles. The van der Waals surface area contributed by atoms with E-state index in [4.69, 9.17) is 15.3 Å². The van der Waals surface area contributed by atoms with E-state index < -0.39 is 0 Å². The fourth-order valence-corrected chi connectivity index (χ4v) is 0.640. The Labute approximate surface area is 104 Å². The number of ether oxygens (including phenoxy) is 3. The summed E-state index contributed by atoms with van der Waals surface area (Å²) in [6, 6.07) is 0. The molecule has 104 valence electrons. The highest BCUT2D eigenvalue weighted by molar-refractivity contribution is 5.37. The van der Waals surface area contributed by atoms with Crippen LogP contribution in [0, 0.1) is 0 Å². The molecule has 0 spiro atoms. The summed E-state index contributed by atoms with van der Waals surface area (Å²) in [4.78, 5) is 9.60. The van der Waals surface area contributed by atoms with Gasteiger partial charge in [-0.2, -0.15) is 0 Å². The summed E-state index contributed by atoms with van der Waals surface area (Å²) in [5, 5.41) is 0. The minimum absolute atomic E-state index is 0.318. The third-order valence-electron chi connectivity index (χ3n) is 1.37. The van der Waals surface area contributed by atoms with E-state index in [2.05, 4.69) is 10.2 Å². The number of nitrogens with one attached hydrogen (secondary N) is 1. The molecule has 0 atom stereocenters. The summed E-state index contributed by atoms with van der Waals surface area (Å²) in [7, 11) is 0. The summed E-state index contributed by atoms with van der Waals surface area (Å²) < 4.78 is 14.7. The van der Waals surface area contributed by atoms with E-state index in [0.717, 1.165) is 6.61 Å². The Bertz CT molecular complexity index is 152. The lowest BCUT2D eigenvalue weighted by atomic mass is 10.2. The second kappa shape index (κ2) is 13.4. The molecule has 0 bridgehead atoms. The first kappa shape index (κ1) is 18.7. The quantitative estimate of drug-likeness (QED) is 0.282. The van der Waals surface area contributed by atoms with Gasteiger partial charge in [0, 0.05) is 13.2 Å². The Balaban J connectivity index is 0. The van der Waals surface area contributed by atoms with Gasteiger partial charge in [-0.1, -0.05) is 0 Å². The molecule has 0 saturated heterocycles. The first-order valence-corrected chi connectivity index (χ1v) is 5.68. The first-order chi connectivity index (χ1) is 7.97. The molecule has 0 aliphatic carbocycles. The van der Waals surface area contributed by atoms with Gasteiger partial charge in [0.15, 0.2) is 0 Å². The SMILES string of the molecule is CC(C)(C)OC=O.CCOCCOCCNN. The van der Waals surface area contributed by atoms with E-state index in [1.165, 1.54) is 0 Å². The van der Waals surface area contributed by atoms with Crippen LogP contribution in [-0.2, 0) is 19.0 Å². The third kappa shape index (κ3) is 25.5. The zero-order valence-electron chi connectivity index (χ0n) is 11.3. The minimum Gasteiger partial charge on any atom is -0.462 e. The zero-order chi connectivity index (χ0) is 13.6. The number of hydrazine groups is 1. The van der Waals surface area contributed by atoms with Gasteiger partial charge in [-0.25, -0.2) is 0 Å². The fraction of sp³-hybridized carbons (Fsp3) is 0.909. The molecule has 17 heavy (non-hydrogen) atoms. The maximum atomic E-state index is 9.60. The van der Waals surface area contributed by atoms with Crippen molar-refractivity contribution in [2.24, 2.45) is 5.84 Å². The molecule has 0 aromatic carbocycles. The maximum Gasteiger partial charge on any atom is 0.293 e. The van der Waals surface area contributed by atoms with Crippen molar-refractivity contribution >= 4 is 6.47 Å². The maximum absolute atomic E-state index is 9.60. The molecule has 0 radical (unpaired) electrons. The first-order valence-electron chi connectivity index (χ1n) is 5.68. The van der Waals surface area contributed by atoms with Crippen LogP contribution in [0.2, 0.25) is 0 Å². The van der Waals surface area contributed by atoms with Gasteiger partial charge in [0.1, 0.15) is 5.60 Å². The van der Waals surface area contributed by atoms with Gasteiger partial charge >= 0.3 is 0 Å². The van der Waals surface area contributed by atoms with Crippen LogP contribution in [0.4, 0.5) is 0 Å². The van der Waals surface area contributed by atoms with Crippen LogP contribution >= 0.6 is 0 Å². The lowest BCUT2D eigenvalue weighted by molar-refractivity contribution is -0.138. The highest BCUT2D eigenvalue weighted by atomic mass is 16.5. The molecule has 0 amide bonds. The molecule has 0 saturated carbocycles. The van der Waals surface area contributed by atoms with Crippen LogP contribution in [0.25, 0.3) is 0 Å². The van der Waals surface area contributed by atoms with Crippen LogP contribution < -0.4 is 11.3 Å². The molecular formula is C11H26N2O4. The fourth-order valence-electron chi connectivity index (χ4n) is 0.640. The van der Waals surface area contributed by atoms with E-state index in [9.17, 15) is 4.79 Å². The third-order valence-corrected chi connectivity index (χ3v) is 1.37. The molecule has 0 aromatic rings. The highest BCUT2D eigenvalue weighted by Gasteiger charge is 2.07. The molecule has 0 aliphatic rings. The zero-order valence-corrected chi connectivity index (χ0v) is 11.3. The molecule has 6 nitrogen and oxygen atoms in total. The van der Waals surface area contributed by atoms with E-state index in [0.29, 0.717) is 32.8 Å². The van der Waals surface area contributed by atoms with Crippen LogP contribution in [-0.4, -0.2) is 45.0 Å². The second-order valence-corrected chi connectivity index (χ2v) is 4.09.